The van der Waals surface area contributed by atoms with Gasteiger partial charge in [-0.2, -0.15) is 0 Å². The number of carbonyl (C=O) groups is 2. The number of hydrogen-bond acceptors (Lipinski definition) is 5. The van der Waals surface area contributed by atoms with Crippen molar-refractivity contribution in [2.75, 3.05) is 13.2 Å². The van der Waals surface area contributed by atoms with Crippen LogP contribution in [0.1, 0.15) is 303 Å². The second-order valence-electron chi connectivity index (χ2n) is 22.2. The van der Waals surface area contributed by atoms with Gasteiger partial charge in [0.1, 0.15) is 6.61 Å². The van der Waals surface area contributed by atoms with E-state index in [1.165, 1.54) is 148 Å². The monoisotopic (exact) mass is 1120 g/mol. The quantitative estimate of drug-likeness (QED) is 0.0373. The number of aliphatic hydroxyl groups is 1. The topological polar surface area (TPSA) is 72.8 Å². The fraction of sp³-hybridized carbons (Fsp3) is 0.658. The van der Waals surface area contributed by atoms with E-state index in [1.54, 1.807) is 0 Å². The van der Waals surface area contributed by atoms with E-state index in [1.807, 2.05) is 0 Å². The molecule has 0 aliphatic heterocycles. The zero-order chi connectivity index (χ0) is 58.4. The Labute approximate surface area is 501 Å². The Kier molecular flexibility index (Phi) is 66.4. The van der Waals surface area contributed by atoms with E-state index in [9.17, 15) is 14.7 Å². The Bertz CT molecular complexity index is 1700. The first-order valence-corrected chi connectivity index (χ1v) is 33.9. The lowest BCUT2D eigenvalue weighted by Gasteiger charge is -2.15. The van der Waals surface area contributed by atoms with Crippen LogP contribution in [-0.4, -0.2) is 36.4 Å². The molecule has 0 saturated heterocycles. The van der Waals surface area contributed by atoms with Gasteiger partial charge in [0, 0.05) is 12.8 Å². The van der Waals surface area contributed by atoms with Crippen LogP contribution in [-0.2, 0) is 19.1 Å². The molecule has 0 aliphatic rings. The van der Waals surface area contributed by atoms with Gasteiger partial charge in [0.05, 0.1) is 6.61 Å². The highest BCUT2D eigenvalue weighted by Crippen LogP contribution is 2.17. The highest BCUT2D eigenvalue weighted by atomic mass is 16.6. The first kappa shape index (κ1) is 76.8. The molecule has 0 saturated carbocycles. The van der Waals surface area contributed by atoms with Gasteiger partial charge in [0.25, 0.3) is 0 Å². The maximum Gasteiger partial charge on any atom is 0.306 e. The second kappa shape index (κ2) is 70.0. The van der Waals surface area contributed by atoms with Gasteiger partial charge in [0.2, 0.25) is 0 Å². The summed E-state index contributed by atoms with van der Waals surface area (Å²) in [6, 6.07) is 0. The van der Waals surface area contributed by atoms with E-state index < -0.39 is 6.10 Å². The normalized spacial score (nSPS) is 13.2. The third-order valence-electron chi connectivity index (χ3n) is 14.4. The van der Waals surface area contributed by atoms with Crippen LogP contribution in [0.4, 0.5) is 0 Å². The number of esters is 2. The van der Waals surface area contributed by atoms with Gasteiger partial charge in [-0.05, 0) is 103 Å². The number of ether oxygens (including phenoxy) is 2. The highest BCUT2D eigenvalue weighted by Gasteiger charge is 2.16. The molecule has 0 rings (SSSR count). The first-order valence-electron chi connectivity index (χ1n) is 33.9. The minimum Gasteiger partial charge on any atom is -0.462 e. The Morgan fingerprint density at radius 2 is 0.531 bits per heavy atom. The Morgan fingerprint density at radius 3 is 0.802 bits per heavy atom. The van der Waals surface area contributed by atoms with Gasteiger partial charge in [-0.3, -0.25) is 9.59 Å². The van der Waals surface area contributed by atoms with Crippen LogP contribution in [0.3, 0.4) is 0 Å². The molecular weight excluding hydrogens is 993 g/mol. The van der Waals surface area contributed by atoms with Gasteiger partial charge in [-0.1, -0.05) is 333 Å². The molecule has 1 atom stereocenters. The molecule has 81 heavy (non-hydrogen) atoms. The van der Waals surface area contributed by atoms with Crippen molar-refractivity contribution in [3.8, 4) is 0 Å². The Balaban J connectivity index is 3.61. The van der Waals surface area contributed by atoms with Crippen molar-refractivity contribution in [3.05, 3.63) is 146 Å². The van der Waals surface area contributed by atoms with Crippen molar-refractivity contribution in [3.63, 3.8) is 0 Å². The summed E-state index contributed by atoms with van der Waals surface area (Å²) in [5, 5.41) is 9.69. The number of aliphatic hydroxyl groups excluding tert-OH is 1. The van der Waals surface area contributed by atoms with E-state index in [4.69, 9.17) is 9.47 Å². The third kappa shape index (κ3) is 68.2. The van der Waals surface area contributed by atoms with Gasteiger partial charge >= 0.3 is 11.9 Å². The minimum atomic E-state index is -0.795. The number of unbranched alkanes of at least 4 members (excludes halogenated alkanes) is 29. The second-order valence-corrected chi connectivity index (χ2v) is 22.2. The predicted molar refractivity (Wildman–Crippen MR) is 357 cm³/mol. The van der Waals surface area contributed by atoms with E-state index in [0.717, 1.165) is 128 Å². The van der Waals surface area contributed by atoms with Gasteiger partial charge in [-0.15, -0.1) is 0 Å². The zero-order valence-corrected chi connectivity index (χ0v) is 52.7. The predicted octanol–water partition coefficient (Wildman–Crippen LogP) is 23.7. The third-order valence-corrected chi connectivity index (χ3v) is 14.4. The van der Waals surface area contributed by atoms with Crippen LogP contribution < -0.4 is 0 Å². The standard InChI is InChI=1S/C76H126O5/c1-3-5-7-9-11-13-15-17-19-21-23-25-27-29-31-32-33-34-35-36-37-38-39-40-41-42-43-44-45-47-49-51-53-55-57-59-61-63-65-67-69-71-76(79)81-74(72-77)73-80-75(78)70-68-66-64-62-60-58-56-54-52-50-48-46-30-28-26-24-22-20-18-16-14-12-10-8-6-4-2/h5,7,11,13,17,19,23,25,29,31,33-34,36-37,39-40,42-43,45,47,51,53,57,59,74,77H,3-4,6,8-10,12,14-16,18,20-22,24,26-28,30,32,35,38,41,44,46,48-50,52,54-56,58,60-73H2,1-2H3/b7-5-,13-11-,19-17-,25-23-,31-29-,34-33-,37-36-,40-39-,43-42-,47-45-,53-51-,59-57-. The number of hydrogen-bond donors (Lipinski definition) is 1. The highest BCUT2D eigenvalue weighted by molar-refractivity contribution is 5.70. The lowest BCUT2D eigenvalue weighted by atomic mass is 10.0. The van der Waals surface area contributed by atoms with Crippen LogP contribution >= 0.6 is 0 Å². The molecule has 0 aromatic heterocycles. The average Bonchev–Trinajstić information content (AvgIpc) is 3.47. The van der Waals surface area contributed by atoms with Gasteiger partial charge < -0.3 is 14.6 Å². The van der Waals surface area contributed by atoms with E-state index >= 15 is 0 Å². The molecule has 0 amide bonds. The summed E-state index contributed by atoms with van der Waals surface area (Å²) in [6.07, 6.45) is 106. The summed E-state index contributed by atoms with van der Waals surface area (Å²) in [4.78, 5) is 24.6. The summed E-state index contributed by atoms with van der Waals surface area (Å²) in [6.45, 7) is 4.03. The molecular formula is C76H126O5. The molecule has 1 N–H and O–H groups in total. The van der Waals surface area contributed by atoms with Crippen LogP contribution in [0.5, 0.6) is 0 Å². The molecule has 5 heteroatoms. The fourth-order valence-electron chi connectivity index (χ4n) is 9.36. The largest absolute Gasteiger partial charge is 0.462 e. The molecule has 0 spiro atoms. The Morgan fingerprint density at radius 1 is 0.296 bits per heavy atom. The van der Waals surface area contributed by atoms with Crippen LogP contribution in [0.25, 0.3) is 0 Å². The van der Waals surface area contributed by atoms with Crippen molar-refractivity contribution in [1.29, 1.82) is 0 Å². The number of allylic oxidation sites excluding steroid dienone is 24. The maximum atomic E-state index is 12.3. The van der Waals surface area contributed by atoms with Crippen molar-refractivity contribution in [2.24, 2.45) is 0 Å². The minimum absolute atomic E-state index is 0.0812. The smallest absolute Gasteiger partial charge is 0.306 e. The molecule has 5 nitrogen and oxygen atoms in total. The molecule has 0 aromatic rings. The van der Waals surface area contributed by atoms with Crippen molar-refractivity contribution >= 4 is 11.9 Å². The molecule has 460 valence electrons. The molecule has 0 aliphatic carbocycles. The van der Waals surface area contributed by atoms with E-state index in [-0.39, 0.29) is 25.2 Å². The summed E-state index contributed by atoms with van der Waals surface area (Å²) < 4.78 is 10.7. The summed E-state index contributed by atoms with van der Waals surface area (Å²) in [7, 11) is 0. The Hall–Kier alpha value is -4.22. The first-order chi connectivity index (χ1) is 40.1. The summed E-state index contributed by atoms with van der Waals surface area (Å²) >= 11 is 0. The summed E-state index contributed by atoms with van der Waals surface area (Å²) in [5.41, 5.74) is 0. The van der Waals surface area contributed by atoms with Crippen molar-refractivity contribution in [1.82, 2.24) is 0 Å². The fourth-order valence-corrected chi connectivity index (χ4v) is 9.36. The maximum absolute atomic E-state index is 12.3. The lowest BCUT2D eigenvalue weighted by Crippen LogP contribution is -2.28. The molecule has 0 fully saturated rings. The number of rotatable bonds is 61. The zero-order valence-electron chi connectivity index (χ0n) is 52.7. The molecule has 0 heterocycles. The number of carbonyl (C=O) groups excluding carboxylic acids is 2. The van der Waals surface area contributed by atoms with Crippen LogP contribution in [0, 0.1) is 0 Å². The summed E-state index contributed by atoms with van der Waals surface area (Å²) in [5.74, 6) is -0.617. The molecule has 1 unspecified atom stereocenters. The lowest BCUT2D eigenvalue weighted by molar-refractivity contribution is -0.161. The van der Waals surface area contributed by atoms with Crippen molar-refractivity contribution in [2.45, 2.75) is 309 Å². The molecule has 0 radical (unpaired) electrons. The van der Waals surface area contributed by atoms with Crippen molar-refractivity contribution < 1.29 is 24.2 Å². The van der Waals surface area contributed by atoms with Gasteiger partial charge in [0.15, 0.2) is 6.10 Å². The molecule has 0 bridgehead atoms. The molecule has 0 aromatic carbocycles. The van der Waals surface area contributed by atoms with Gasteiger partial charge in [-0.25, -0.2) is 0 Å². The van der Waals surface area contributed by atoms with Crippen LogP contribution in [0.15, 0.2) is 146 Å². The van der Waals surface area contributed by atoms with E-state index in [0.29, 0.717) is 12.8 Å². The van der Waals surface area contributed by atoms with E-state index in [2.05, 4.69) is 160 Å². The SMILES string of the molecule is CC/C=C\C/C=C\C/C=C\C/C=C\C/C=C\C/C=C\C/C=C\C/C=C\C/C=C\C/C=C\C/C=C\C/C=C\CCCCCCC(=O)OC(CO)COC(=O)CCCCCCCCCCCCCCCCCCCCCCCCCCCC. The van der Waals surface area contributed by atoms with Crippen LogP contribution in [0.2, 0.25) is 0 Å². The average molecular weight is 1120 g/mol.